The van der Waals surface area contributed by atoms with Gasteiger partial charge in [0.2, 0.25) is 5.91 Å². The number of hydrogen-bond acceptors (Lipinski definition) is 4. The average molecular weight is 289 g/mol. The quantitative estimate of drug-likeness (QED) is 0.862. The van der Waals surface area contributed by atoms with Gasteiger partial charge in [-0.25, -0.2) is 0 Å². The van der Waals surface area contributed by atoms with E-state index in [1.54, 1.807) is 6.20 Å². The molecule has 1 aliphatic heterocycles. The number of pyridine rings is 1. The zero-order chi connectivity index (χ0) is 15.1. The Bertz CT molecular complexity index is 532. The van der Waals surface area contributed by atoms with Crippen LogP contribution in [0.15, 0.2) is 24.4 Å². The zero-order valence-corrected chi connectivity index (χ0v) is 12.6. The molecule has 21 heavy (non-hydrogen) atoms. The molecule has 1 saturated carbocycles. The Morgan fingerprint density at radius 1 is 1.52 bits per heavy atom. The minimum absolute atomic E-state index is 0.0600. The third-order valence-corrected chi connectivity index (χ3v) is 5.22. The smallest absolute Gasteiger partial charge is 0.241 e. The molecule has 1 aromatic heterocycles. The summed E-state index contributed by atoms with van der Waals surface area (Å²) >= 11 is 0. The number of ether oxygens (including phenoxy) is 1. The molecule has 5 nitrogen and oxygen atoms in total. The highest BCUT2D eigenvalue weighted by molar-refractivity contribution is 5.89. The second-order valence-corrected chi connectivity index (χ2v) is 6.60. The highest BCUT2D eigenvalue weighted by Crippen LogP contribution is 2.58. The van der Waals surface area contributed by atoms with E-state index in [4.69, 9.17) is 10.5 Å². The summed E-state index contributed by atoms with van der Waals surface area (Å²) in [7, 11) is 0. The van der Waals surface area contributed by atoms with Crippen molar-refractivity contribution < 1.29 is 9.53 Å². The first-order valence-electron chi connectivity index (χ1n) is 7.56. The Morgan fingerprint density at radius 3 is 3.05 bits per heavy atom. The number of aromatic nitrogens is 1. The monoisotopic (exact) mass is 289 g/mol. The van der Waals surface area contributed by atoms with Gasteiger partial charge in [-0.3, -0.25) is 9.78 Å². The predicted molar refractivity (Wildman–Crippen MR) is 79.5 cm³/mol. The van der Waals surface area contributed by atoms with Gasteiger partial charge in [-0.15, -0.1) is 0 Å². The Labute approximate surface area is 125 Å². The fraction of sp³-hybridized carbons (Fsp3) is 0.625. The van der Waals surface area contributed by atoms with Crippen LogP contribution in [0.25, 0.3) is 0 Å². The number of carbonyl (C=O) groups is 1. The summed E-state index contributed by atoms with van der Waals surface area (Å²) in [6.07, 6.45) is 3.47. The molecule has 114 valence electrons. The minimum Gasteiger partial charge on any atom is -0.377 e. The van der Waals surface area contributed by atoms with Gasteiger partial charge in [0.15, 0.2) is 0 Å². The van der Waals surface area contributed by atoms with Gasteiger partial charge in [0.1, 0.15) is 5.54 Å². The van der Waals surface area contributed by atoms with E-state index >= 15 is 0 Å². The summed E-state index contributed by atoms with van der Waals surface area (Å²) < 4.78 is 5.72. The Balaban J connectivity index is 1.60. The van der Waals surface area contributed by atoms with Gasteiger partial charge in [-0.05, 0) is 18.6 Å². The van der Waals surface area contributed by atoms with Crippen molar-refractivity contribution in [2.75, 3.05) is 13.2 Å². The van der Waals surface area contributed by atoms with E-state index < -0.39 is 5.54 Å². The number of carbonyl (C=O) groups excluding carboxylic acids is 1. The minimum atomic E-state index is -0.821. The van der Waals surface area contributed by atoms with E-state index in [2.05, 4.69) is 10.3 Å². The van der Waals surface area contributed by atoms with E-state index in [9.17, 15) is 4.79 Å². The Hall–Kier alpha value is -1.46. The summed E-state index contributed by atoms with van der Waals surface area (Å²) in [5.41, 5.74) is 6.31. The lowest BCUT2D eigenvalue weighted by atomic mass is 9.48. The van der Waals surface area contributed by atoms with Crippen LogP contribution >= 0.6 is 0 Å². The van der Waals surface area contributed by atoms with E-state index in [0.29, 0.717) is 19.6 Å². The molecule has 3 rings (SSSR count). The van der Waals surface area contributed by atoms with E-state index in [1.807, 2.05) is 32.0 Å². The molecule has 0 radical (unpaired) electrons. The molecule has 1 saturated heterocycles. The van der Waals surface area contributed by atoms with Gasteiger partial charge in [0.25, 0.3) is 0 Å². The lowest BCUT2D eigenvalue weighted by Gasteiger charge is -2.60. The number of nitrogens with one attached hydrogen (secondary N) is 1. The van der Waals surface area contributed by atoms with Crippen molar-refractivity contribution in [3.05, 3.63) is 30.1 Å². The molecule has 0 aromatic carbocycles. The number of amides is 1. The highest BCUT2D eigenvalue weighted by atomic mass is 16.5. The molecule has 3 unspecified atom stereocenters. The lowest BCUT2D eigenvalue weighted by Crippen LogP contribution is -2.80. The molecule has 0 bridgehead atoms. The molecule has 1 aliphatic carbocycles. The number of nitrogens with two attached hydrogens (primary N) is 1. The number of rotatable bonds is 4. The fourth-order valence-electron chi connectivity index (χ4n) is 3.84. The molecule has 5 heteroatoms. The molecule has 1 amide bonds. The summed E-state index contributed by atoms with van der Waals surface area (Å²) in [5, 5.41) is 2.98. The first-order chi connectivity index (χ1) is 9.98. The second-order valence-electron chi connectivity index (χ2n) is 6.60. The Kier molecular flexibility index (Phi) is 3.50. The molecular weight excluding hydrogens is 266 g/mol. The molecule has 3 atom stereocenters. The molecule has 0 spiro atoms. The third kappa shape index (κ3) is 2.07. The van der Waals surface area contributed by atoms with E-state index in [1.165, 1.54) is 0 Å². The average Bonchev–Trinajstić information content (AvgIpc) is 2.95. The van der Waals surface area contributed by atoms with Crippen LogP contribution in [0.5, 0.6) is 0 Å². The summed E-state index contributed by atoms with van der Waals surface area (Å²) in [4.78, 5) is 16.8. The van der Waals surface area contributed by atoms with Crippen LogP contribution < -0.4 is 11.1 Å². The zero-order valence-electron chi connectivity index (χ0n) is 12.6. The third-order valence-electron chi connectivity index (χ3n) is 5.22. The van der Waals surface area contributed by atoms with Crippen molar-refractivity contribution in [2.24, 2.45) is 17.1 Å². The van der Waals surface area contributed by atoms with Gasteiger partial charge in [0, 0.05) is 42.8 Å². The van der Waals surface area contributed by atoms with Crippen molar-refractivity contribution in [1.29, 1.82) is 0 Å². The highest BCUT2D eigenvalue weighted by Gasteiger charge is 2.71. The normalized spacial score (nSPS) is 33.1. The van der Waals surface area contributed by atoms with Crippen LogP contribution in [0.4, 0.5) is 0 Å². The van der Waals surface area contributed by atoms with Crippen molar-refractivity contribution in [1.82, 2.24) is 10.3 Å². The Morgan fingerprint density at radius 2 is 2.33 bits per heavy atom. The van der Waals surface area contributed by atoms with Gasteiger partial charge in [-0.2, -0.15) is 0 Å². The van der Waals surface area contributed by atoms with Crippen LogP contribution in [-0.2, 0) is 16.0 Å². The number of hydrogen-bond donors (Lipinski definition) is 2. The molecular formula is C16H23N3O2. The maximum absolute atomic E-state index is 12.6. The van der Waals surface area contributed by atoms with Crippen molar-refractivity contribution in [3.63, 3.8) is 0 Å². The van der Waals surface area contributed by atoms with Gasteiger partial charge < -0.3 is 15.8 Å². The maximum atomic E-state index is 12.6. The fourth-order valence-corrected chi connectivity index (χ4v) is 3.84. The maximum Gasteiger partial charge on any atom is 0.241 e. The lowest BCUT2D eigenvalue weighted by molar-refractivity contribution is -0.175. The molecule has 1 aromatic rings. The van der Waals surface area contributed by atoms with Crippen LogP contribution in [-0.4, -0.2) is 35.7 Å². The number of nitrogens with zero attached hydrogens (tertiary/aromatic N) is 1. The van der Waals surface area contributed by atoms with Crippen LogP contribution in [0, 0.1) is 11.3 Å². The summed E-state index contributed by atoms with van der Waals surface area (Å²) in [6, 6.07) is 5.79. The first-order valence-corrected chi connectivity index (χ1v) is 7.56. The summed E-state index contributed by atoms with van der Waals surface area (Å²) in [6.45, 7) is 5.32. The van der Waals surface area contributed by atoms with E-state index in [0.717, 1.165) is 12.1 Å². The van der Waals surface area contributed by atoms with Crippen LogP contribution in [0.1, 0.15) is 26.0 Å². The molecule has 2 heterocycles. The standard InChI is InChI=1S/C16H23N3O2/c1-15(2)13-12(7-10-21-13)16(15,17)14(20)19-9-6-11-5-3-4-8-18-11/h3-5,8,12-13H,6-7,9-10,17H2,1-2H3,(H,19,20). The molecule has 2 aliphatic rings. The molecule has 2 fully saturated rings. The number of fused-ring (bicyclic) bond motifs is 1. The SMILES string of the molecule is CC1(C)C2OCCC2C1(N)C(=O)NCCc1ccccn1. The first kappa shape index (κ1) is 14.5. The van der Waals surface area contributed by atoms with Gasteiger partial charge >= 0.3 is 0 Å². The second kappa shape index (κ2) is 5.07. The van der Waals surface area contributed by atoms with Crippen molar-refractivity contribution >= 4 is 5.91 Å². The van der Waals surface area contributed by atoms with Crippen LogP contribution in [0.3, 0.4) is 0 Å². The van der Waals surface area contributed by atoms with E-state index in [-0.39, 0.29) is 23.3 Å². The van der Waals surface area contributed by atoms with Gasteiger partial charge in [0.05, 0.1) is 6.10 Å². The molecule has 3 N–H and O–H groups in total. The van der Waals surface area contributed by atoms with Gasteiger partial charge in [-0.1, -0.05) is 19.9 Å². The topological polar surface area (TPSA) is 77.2 Å². The van der Waals surface area contributed by atoms with Crippen LogP contribution in [0.2, 0.25) is 0 Å². The predicted octanol–water partition coefficient (Wildman–Crippen LogP) is 0.883. The van der Waals surface area contributed by atoms with Crippen molar-refractivity contribution in [3.8, 4) is 0 Å². The van der Waals surface area contributed by atoms with Crippen molar-refractivity contribution in [2.45, 2.75) is 38.3 Å². The largest absolute Gasteiger partial charge is 0.377 e. The summed E-state index contributed by atoms with van der Waals surface area (Å²) in [5.74, 6) is 0.0810.